The van der Waals surface area contributed by atoms with Gasteiger partial charge in [0, 0.05) is 33.3 Å². The number of benzene rings is 5. The number of nitriles is 5. The zero-order chi connectivity index (χ0) is 32.9. The Hall–Kier alpha value is -7.70. The van der Waals surface area contributed by atoms with Crippen LogP contribution >= 0.6 is 0 Å². The van der Waals surface area contributed by atoms with E-state index in [-0.39, 0.29) is 0 Å². The molecule has 218 valence electrons. The highest BCUT2D eigenvalue weighted by Crippen LogP contribution is 2.41. The quantitative estimate of drug-likeness (QED) is 0.197. The van der Waals surface area contributed by atoms with Gasteiger partial charge in [-0.1, -0.05) is 6.07 Å². The number of nitrogens with zero attached hydrogens (tertiary/aromatic N) is 8. The summed E-state index contributed by atoms with van der Waals surface area (Å²) < 4.78 is 4.10. The smallest absolute Gasteiger partial charge is 0.0999 e. The lowest BCUT2D eigenvalue weighted by Gasteiger charge is -2.18. The van der Waals surface area contributed by atoms with Gasteiger partial charge in [0.25, 0.3) is 0 Å². The normalized spacial score (nSPS) is 10.8. The Labute approximate surface area is 273 Å². The van der Waals surface area contributed by atoms with Crippen LogP contribution in [0.1, 0.15) is 27.8 Å². The van der Waals surface area contributed by atoms with Gasteiger partial charge < -0.3 is 9.13 Å². The van der Waals surface area contributed by atoms with E-state index in [0.29, 0.717) is 50.4 Å². The van der Waals surface area contributed by atoms with Crippen molar-refractivity contribution in [2.75, 3.05) is 0 Å². The molecule has 3 heterocycles. The Morgan fingerprint density at radius 1 is 0.438 bits per heavy atom. The van der Waals surface area contributed by atoms with Gasteiger partial charge in [0.2, 0.25) is 0 Å². The van der Waals surface area contributed by atoms with E-state index in [1.807, 2.05) is 77.4 Å². The van der Waals surface area contributed by atoms with Crippen molar-refractivity contribution in [3.63, 3.8) is 0 Å². The Balaban J connectivity index is 1.50. The molecule has 0 aliphatic heterocycles. The standard InChI is InChI=1S/C40H18N8/c41-19-24-6-10-33-29(15-24)30-16-25(20-42)7-11-34(30)47(33)37-4-1-3-28(23-45)39(37)40-38(5-2-14-46-40)48-35-12-8-26(21-43)17-31(35)32-18-27(22-44)9-13-36(32)48/h1-18H. The first-order valence-corrected chi connectivity index (χ1v) is 14.8. The SMILES string of the molecule is N#Cc1ccc2c(c1)c1cc(C#N)ccc1n2-c1cccnc1-c1c(C#N)cccc1-n1c2ccc(C#N)cc2c2cc(C#N)ccc21. The molecule has 0 aliphatic carbocycles. The molecule has 5 aromatic carbocycles. The van der Waals surface area contributed by atoms with Crippen molar-refractivity contribution in [2.45, 2.75) is 0 Å². The number of aromatic nitrogens is 3. The minimum Gasteiger partial charge on any atom is -0.309 e. The van der Waals surface area contributed by atoms with Crippen molar-refractivity contribution < 1.29 is 0 Å². The molecule has 8 nitrogen and oxygen atoms in total. The summed E-state index contributed by atoms with van der Waals surface area (Å²) in [7, 11) is 0. The fraction of sp³-hybridized carbons (Fsp3) is 0. The molecule has 8 aromatic rings. The molecule has 0 atom stereocenters. The van der Waals surface area contributed by atoms with E-state index in [1.165, 1.54) is 0 Å². The molecule has 0 spiro atoms. The highest BCUT2D eigenvalue weighted by molar-refractivity contribution is 6.12. The number of pyridine rings is 1. The van der Waals surface area contributed by atoms with E-state index in [1.54, 1.807) is 36.5 Å². The lowest BCUT2D eigenvalue weighted by atomic mass is 10.00. The molecular formula is C40H18N8. The fourth-order valence-corrected chi connectivity index (χ4v) is 6.68. The van der Waals surface area contributed by atoms with Crippen molar-refractivity contribution in [2.24, 2.45) is 0 Å². The van der Waals surface area contributed by atoms with E-state index in [9.17, 15) is 26.3 Å². The van der Waals surface area contributed by atoms with Crippen LogP contribution < -0.4 is 0 Å². The zero-order valence-electron chi connectivity index (χ0n) is 25.0. The third-order valence-electron chi connectivity index (χ3n) is 8.71. The maximum atomic E-state index is 10.5. The second kappa shape index (κ2) is 10.7. The predicted molar refractivity (Wildman–Crippen MR) is 182 cm³/mol. The molecule has 0 fully saturated rings. The van der Waals surface area contributed by atoms with Crippen molar-refractivity contribution >= 4 is 43.6 Å². The van der Waals surface area contributed by atoms with Crippen molar-refractivity contribution in [3.8, 4) is 53.0 Å². The molecule has 0 amide bonds. The van der Waals surface area contributed by atoms with Gasteiger partial charge >= 0.3 is 0 Å². The maximum Gasteiger partial charge on any atom is 0.0999 e. The van der Waals surface area contributed by atoms with Crippen LogP contribution in [0.15, 0.2) is 109 Å². The lowest BCUT2D eigenvalue weighted by molar-refractivity contribution is 1.12. The Kier molecular flexibility index (Phi) is 6.22. The van der Waals surface area contributed by atoms with Gasteiger partial charge in [-0.3, -0.25) is 4.98 Å². The second-order valence-corrected chi connectivity index (χ2v) is 11.2. The lowest BCUT2D eigenvalue weighted by Crippen LogP contribution is -2.04. The molecule has 0 radical (unpaired) electrons. The number of hydrogen-bond donors (Lipinski definition) is 0. The van der Waals surface area contributed by atoms with Crippen LogP contribution in [0.3, 0.4) is 0 Å². The first-order chi connectivity index (χ1) is 23.6. The van der Waals surface area contributed by atoms with Crippen LogP contribution in [0, 0.1) is 56.7 Å². The predicted octanol–water partition coefficient (Wildman–Crippen LogP) is 8.30. The van der Waals surface area contributed by atoms with Gasteiger partial charge in [-0.25, -0.2) is 0 Å². The zero-order valence-corrected chi connectivity index (χ0v) is 25.0. The van der Waals surface area contributed by atoms with Gasteiger partial charge in [-0.2, -0.15) is 26.3 Å². The molecule has 0 aliphatic rings. The van der Waals surface area contributed by atoms with Gasteiger partial charge in [-0.05, 0) is 97.1 Å². The van der Waals surface area contributed by atoms with E-state index < -0.39 is 0 Å². The molecule has 3 aromatic heterocycles. The summed E-state index contributed by atoms with van der Waals surface area (Å²) in [6.45, 7) is 0. The minimum atomic E-state index is 0.407. The fourth-order valence-electron chi connectivity index (χ4n) is 6.68. The van der Waals surface area contributed by atoms with E-state index in [0.717, 1.165) is 43.6 Å². The third-order valence-corrected chi connectivity index (χ3v) is 8.71. The topological polar surface area (TPSA) is 142 Å². The summed E-state index contributed by atoms with van der Waals surface area (Å²) in [6, 6.07) is 42.4. The summed E-state index contributed by atoms with van der Waals surface area (Å²) >= 11 is 0. The van der Waals surface area contributed by atoms with Gasteiger partial charge in [-0.15, -0.1) is 0 Å². The highest BCUT2D eigenvalue weighted by Gasteiger charge is 2.24. The summed E-state index contributed by atoms with van der Waals surface area (Å²) in [5, 5.41) is 52.5. The van der Waals surface area contributed by atoms with E-state index in [4.69, 9.17) is 4.98 Å². The molecule has 0 bridgehead atoms. The maximum absolute atomic E-state index is 10.5. The Bertz CT molecular complexity index is 2760. The molecule has 8 rings (SSSR count). The van der Waals surface area contributed by atoms with Crippen LogP contribution in [0.2, 0.25) is 0 Å². The van der Waals surface area contributed by atoms with Crippen molar-refractivity contribution in [1.82, 2.24) is 14.1 Å². The number of fused-ring (bicyclic) bond motifs is 6. The van der Waals surface area contributed by atoms with E-state index >= 15 is 0 Å². The van der Waals surface area contributed by atoms with Crippen LogP contribution in [-0.4, -0.2) is 14.1 Å². The van der Waals surface area contributed by atoms with Crippen LogP contribution in [0.25, 0.3) is 66.2 Å². The summed E-state index contributed by atoms with van der Waals surface area (Å²) in [5.74, 6) is 0. The van der Waals surface area contributed by atoms with Gasteiger partial charge in [0.15, 0.2) is 0 Å². The van der Waals surface area contributed by atoms with Crippen molar-refractivity contribution in [3.05, 3.63) is 137 Å². The highest BCUT2D eigenvalue weighted by atomic mass is 15.0. The first-order valence-electron chi connectivity index (χ1n) is 14.8. The molecule has 8 heteroatoms. The largest absolute Gasteiger partial charge is 0.309 e. The average Bonchev–Trinajstić information content (AvgIpc) is 3.65. The van der Waals surface area contributed by atoms with Gasteiger partial charge in [0.1, 0.15) is 0 Å². The summed E-state index contributed by atoms with van der Waals surface area (Å²) in [5.41, 5.74) is 8.17. The van der Waals surface area contributed by atoms with Crippen molar-refractivity contribution in [1.29, 1.82) is 26.3 Å². The van der Waals surface area contributed by atoms with Gasteiger partial charge in [0.05, 0.1) is 97.3 Å². The average molecular weight is 611 g/mol. The number of rotatable bonds is 3. The first kappa shape index (κ1) is 27.8. The Morgan fingerprint density at radius 2 is 0.854 bits per heavy atom. The van der Waals surface area contributed by atoms with E-state index in [2.05, 4.69) is 34.9 Å². The second-order valence-electron chi connectivity index (χ2n) is 11.2. The molecule has 0 unspecified atom stereocenters. The molecule has 0 saturated carbocycles. The van der Waals surface area contributed by atoms with Crippen LogP contribution in [-0.2, 0) is 0 Å². The van der Waals surface area contributed by atoms with Crippen LogP contribution in [0.4, 0.5) is 0 Å². The summed E-state index contributed by atoms with van der Waals surface area (Å²) in [4.78, 5) is 4.90. The molecule has 48 heavy (non-hydrogen) atoms. The molecular weight excluding hydrogens is 592 g/mol. The Morgan fingerprint density at radius 3 is 1.27 bits per heavy atom. The van der Waals surface area contributed by atoms with Crippen LogP contribution in [0.5, 0.6) is 0 Å². The molecule has 0 N–H and O–H groups in total. The minimum absolute atomic E-state index is 0.407. The molecule has 0 saturated heterocycles. The monoisotopic (exact) mass is 610 g/mol. The third kappa shape index (κ3) is 4.01. The number of hydrogen-bond acceptors (Lipinski definition) is 6. The summed E-state index contributed by atoms with van der Waals surface area (Å²) in [6.07, 6.45) is 1.69.